The number of fused-ring (bicyclic) bond motifs is 4. The van der Waals surface area contributed by atoms with Crippen molar-refractivity contribution in [1.29, 1.82) is 0 Å². The summed E-state index contributed by atoms with van der Waals surface area (Å²) in [5.41, 5.74) is 11.4. The van der Waals surface area contributed by atoms with Gasteiger partial charge in [0.05, 0.1) is 0 Å². The minimum absolute atomic E-state index is 0. The van der Waals surface area contributed by atoms with Gasteiger partial charge >= 0.3 is 0 Å². The van der Waals surface area contributed by atoms with Crippen molar-refractivity contribution in [2.45, 2.75) is 91.9 Å². The molecule has 0 bridgehead atoms. The molecule has 1 aliphatic heterocycles. The first-order chi connectivity index (χ1) is 26.4. The molecule has 1 aliphatic rings. The van der Waals surface area contributed by atoms with Gasteiger partial charge in [-0.2, -0.15) is 12.1 Å². The van der Waals surface area contributed by atoms with E-state index in [1.54, 1.807) is 0 Å². The van der Waals surface area contributed by atoms with E-state index in [9.17, 15) is 0 Å². The maximum atomic E-state index is 6.85. The summed E-state index contributed by atoms with van der Waals surface area (Å²) < 4.78 is 9.11. The van der Waals surface area contributed by atoms with E-state index < -0.39 is 0 Å². The molecule has 7 aromatic rings. The number of ether oxygens (including phenoxy) is 1. The first-order valence-corrected chi connectivity index (χ1v) is 19.8. The number of pyridine rings is 1. The molecule has 6 heteroatoms. The van der Waals surface area contributed by atoms with Crippen molar-refractivity contribution >= 4 is 44.6 Å². The molecule has 0 aliphatic carbocycles. The predicted octanol–water partition coefficient (Wildman–Crippen LogP) is 13.5. The van der Waals surface area contributed by atoms with Gasteiger partial charge in [-0.1, -0.05) is 117 Å². The van der Waals surface area contributed by atoms with Crippen molar-refractivity contribution < 1.29 is 25.8 Å². The third-order valence-corrected chi connectivity index (χ3v) is 10.7. The van der Waals surface area contributed by atoms with E-state index in [1.807, 2.05) is 18.3 Å². The fourth-order valence-electron chi connectivity index (χ4n) is 7.67. The Morgan fingerprint density at radius 2 is 1.39 bits per heavy atom. The number of aryl methyl sites for hydroxylation is 2. The smallest absolute Gasteiger partial charge is 0.135 e. The zero-order valence-electron chi connectivity index (χ0n) is 33.8. The van der Waals surface area contributed by atoms with Gasteiger partial charge < -0.3 is 19.1 Å². The van der Waals surface area contributed by atoms with Crippen LogP contribution in [0.4, 0.5) is 22.7 Å². The molecular formula is C50H51N4OPt-3. The average molecular weight is 919 g/mol. The maximum Gasteiger partial charge on any atom is 0.135 e. The largest absolute Gasteiger partial charge is 0.509 e. The van der Waals surface area contributed by atoms with Gasteiger partial charge in [0.15, 0.2) is 0 Å². The number of nitrogens with zero attached hydrogens (tertiary/aromatic N) is 4. The molecule has 2 aromatic heterocycles. The molecule has 0 atom stereocenters. The summed E-state index contributed by atoms with van der Waals surface area (Å²) in [6.45, 7) is 20.1. The van der Waals surface area contributed by atoms with Crippen LogP contribution < -0.4 is 14.5 Å². The summed E-state index contributed by atoms with van der Waals surface area (Å²) in [5, 5.41) is 2.39. The van der Waals surface area contributed by atoms with E-state index >= 15 is 0 Å². The fraction of sp³-hybridized carbons (Fsp3) is 0.280. The zero-order chi connectivity index (χ0) is 38.5. The van der Waals surface area contributed by atoms with E-state index in [-0.39, 0.29) is 31.9 Å². The van der Waals surface area contributed by atoms with Crippen molar-refractivity contribution in [2.75, 3.05) is 9.80 Å². The molecule has 5 nitrogen and oxygen atoms in total. The first kappa shape index (κ1) is 39.4. The van der Waals surface area contributed by atoms with Crippen molar-refractivity contribution in [3.8, 4) is 17.3 Å². The quantitative estimate of drug-likeness (QED) is 0.135. The molecule has 3 heterocycles. The van der Waals surface area contributed by atoms with E-state index in [2.05, 4.69) is 180 Å². The molecule has 0 saturated heterocycles. The SMILES string of the molecule is CCCc1ccc2c(c1)c1cc(CCC)c(Oc3[c-]c(N4[CH-]N(c5cccc(C(C)(C)C)c5)c5ccccc54)ccc3)[c-]c1n2-c1cc(C(C)(C)C)ccn1.[Pt]. The van der Waals surface area contributed by atoms with Crippen LogP contribution in [0.2, 0.25) is 0 Å². The number of para-hydroxylation sites is 2. The number of hydrogen-bond acceptors (Lipinski definition) is 4. The van der Waals surface area contributed by atoms with Crippen LogP contribution in [0.25, 0.3) is 27.6 Å². The predicted molar refractivity (Wildman–Crippen MR) is 230 cm³/mol. The van der Waals surface area contributed by atoms with Crippen LogP contribution in [0.5, 0.6) is 11.5 Å². The minimum Gasteiger partial charge on any atom is -0.509 e. The van der Waals surface area contributed by atoms with E-state index in [4.69, 9.17) is 9.72 Å². The number of benzene rings is 5. The van der Waals surface area contributed by atoms with Crippen LogP contribution in [0.3, 0.4) is 0 Å². The summed E-state index contributed by atoms with van der Waals surface area (Å²) in [4.78, 5) is 9.39. The molecule has 5 aromatic carbocycles. The van der Waals surface area contributed by atoms with Crippen LogP contribution in [0.1, 0.15) is 90.5 Å². The van der Waals surface area contributed by atoms with Gasteiger partial charge in [-0.25, -0.2) is 4.98 Å². The maximum absolute atomic E-state index is 6.85. The molecular weight excluding hydrogens is 868 g/mol. The third kappa shape index (κ3) is 7.51. The second-order valence-electron chi connectivity index (χ2n) is 16.9. The van der Waals surface area contributed by atoms with Crippen LogP contribution in [0, 0.1) is 18.8 Å². The van der Waals surface area contributed by atoms with Crippen molar-refractivity contribution in [3.05, 3.63) is 150 Å². The van der Waals surface area contributed by atoms with Gasteiger partial charge in [0, 0.05) is 61.3 Å². The summed E-state index contributed by atoms with van der Waals surface area (Å²) >= 11 is 0. The van der Waals surface area contributed by atoms with Gasteiger partial charge in [0.2, 0.25) is 0 Å². The van der Waals surface area contributed by atoms with Crippen LogP contribution in [-0.2, 0) is 44.7 Å². The normalized spacial score (nSPS) is 13.0. The molecule has 0 N–H and O–H groups in total. The monoisotopic (exact) mass is 918 g/mol. The Kier molecular flexibility index (Phi) is 11.0. The minimum atomic E-state index is -0.0152. The van der Waals surface area contributed by atoms with Gasteiger partial charge in [0.25, 0.3) is 0 Å². The topological polar surface area (TPSA) is 33.5 Å². The average Bonchev–Trinajstić information content (AvgIpc) is 3.70. The summed E-state index contributed by atoms with van der Waals surface area (Å²) in [6.07, 6.45) is 5.93. The number of anilines is 4. The standard InChI is InChI=1S/C50H51N4O.Pt/c1-9-15-34-23-24-43-41(27-34)42-28-35(16-10-2)47(32-46(42)54(43)48-30-37(25-26-51-48)50(6,7)8)55-40-20-14-19-39(31-40)53-33-52(44-21-11-12-22-45(44)53)38-18-13-17-36(29-38)49(3,4)5;/h11-14,17-30,33H,9-10,15-16H2,1-8H3;/q-3;. The molecule has 0 fully saturated rings. The van der Waals surface area contributed by atoms with Crippen LogP contribution >= 0.6 is 0 Å². The molecule has 56 heavy (non-hydrogen) atoms. The number of rotatable bonds is 9. The Labute approximate surface area is 347 Å². The number of aromatic nitrogens is 2. The molecule has 0 saturated carbocycles. The van der Waals surface area contributed by atoms with Crippen LogP contribution in [0.15, 0.2) is 109 Å². The van der Waals surface area contributed by atoms with Gasteiger partial charge in [0.1, 0.15) is 5.82 Å². The van der Waals surface area contributed by atoms with E-state index in [0.717, 1.165) is 76.6 Å². The van der Waals surface area contributed by atoms with Crippen molar-refractivity contribution in [2.24, 2.45) is 0 Å². The van der Waals surface area contributed by atoms with Gasteiger partial charge in [-0.3, -0.25) is 0 Å². The Hall–Kier alpha value is -4.86. The summed E-state index contributed by atoms with van der Waals surface area (Å²) in [5.74, 6) is 2.25. The third-order valence-electron chi connectivity index (χ3n) is 10.7. The van der Waals surface area contributed by atoms with Crippen molar-refractivity contribution in [3.63, 3.8) is 0 Å². The first-order valence-electron chi connectivity index (χ1n) is 19.8. The Bertz CT molecular complexity index is 2520. The van der Waals surface area contributed by atoms with Crippen molar-refractivity contribution in [1.82, 2.24) is 9.55 Å². The molecule has 290 valence electrons. The fourth-order valence-corrected chi connectivity index (χ4v) is 7.67. The zero-order valence-corrected chi connectivity index (χ0v) is 36.1. The summed E-state index contributed by atoms with van der Waals surface area (Å²) in [7, 11) is 0. The molecule has 0 amide bonds. The molecule has 0 unspecified atom stereocenters. The Morgan fingerprint density at radius 1 is 0.679 bits per heavy atom. The summed E-state index contributed by atoms with van der Waals surface area (Å²) in [6, 6.07) is 44.4. The second-order valence-corrected chi connectivity index (χ2v) is 16.9. The molecule has 0 radical (unpaired) electrons. The van der Waals surface area contributed by atoms with E-state index in [1.165, 1.54) is 27.5 Å². The van der Waals surface area contributed by atoms with Crippen LogP contribution in [-0.4, -0.2) is 9.55 Å². The molecule has 0 spiro atoms. The molecule has 8 rings (SSSR count). The van der Waals surface area contributed by atoms with Gasteiger partial charge in [-0.15, -0.1) is 47.6 Å². The Morgan fingerprint density at radius 3 is 2.12 bits per heavy atom. The second kappa shape index (κ2) is 15.6. The number of hydrogen-bond donors (Lipinski definition) is 0. The van der Waals surface area contributed by atoms with E-state index in [0.29, 0.717) is 5.75 Å². The Balaban J connectivity index is 0.00000480. The van der Waals surface area contributed by atoms with Gasteiger partial charge in [-0.05, 0) is 81.8 Å².